The van der Waals surface area contributed by atoms with Crippen molar-refractivity contribution in [2.24, 2.45) is 0 Å². The molecule has 3 rings (SSSR count). The van der Waals surface area contributed by atoms with Crippen LogP contribution >= 0.6 is 27.5 Å². The van der Waals surface area contributed by atoms with E-state index >= 15 is 0 Å². The fourth-order valence-electron chi connectivity index (χ4n) is 2.74. The van der Waals surface area contributed by atoms with Gasteiger partial charge in [-0.3, -0.25) is 14.2 Å². The van der Waals surface area contributed by atoms with Crippen molar-refractivity contribution < 1.29 is 9.18 Å². The maximum absolute atomic E-state index is 13.9. The number of anilines is 1. The fourth-order valence-corrected chi connectivity index (χ4v) is 3.22. The van der Waals surface area contributed by atoms with Crippen LogP contribution in [0.15, 0.2) is 35.1 Å². The minimum atomic E-state index is -0.501. The van der Waals surface area contributed by atoms with E-state index in [2.05, 4.69) is 31.4 Å². The van der Waals surface area contributed by atoms with E-state index in [4.69, 9.17) is 11.6 Å². The van der Waals surface area contributed by atoms with Crippen molar-refractivity contribution in [1.82, 2.24) is 19.6 Å². The molecule has 1 unspecified atom stereocenters. The molecule has 1 amide bonds. The van der Waals surface area contributed by atoms with E-state index < -0.39 is 11.9 Å². The van der Waals surface area contributed by atoms with Gasteiger partial charge in [0, 0.05) is 16.8 Å². The molecule has 0 spiro atoms. The van der Waals surface area contributed by atoms with Gasteiger partial charge < -0.3 is 5.32 Å². The standard InChI is InChI=1S/C18H18BrClFN5O/c1-10-17(19)11(2)26(24-10)12(3)18(27)23-13-7-22-25(8-13)9-14-15(20)5-4-6-16(14)21/h4-8,12H,9H2,1-3H3,(H,23,27). The Balaban J connectivity index is 1.72. The highest BCUT2D eigenvalue weighted by Crippen LogP contribution is 2.24. The molecule has 0 fully saturated rings. The summed E-state index contributed by atoms with van der Waals surface area (Å²) in [5.74, 6) is -0.621. The Bertz CT molecular complexity index is 980. The largest absolute Gasteiger partial charge is 0.322 e. The molecule has 142 valence electrons. The predicted octanol–water partition coefficient (Wildman–Crippen LogP) is 4.50. The summed E-state index contributed by atoms with van der Waals surface area (Å²) in [5.41, 5.74) is 2.56. The van der Waals surface area contributed by atoms with Crippen molar-refractivity contribution in [3.8, 4) is 0 Å². The zero-order chi connectivity index (χ0) is 19.7. The number of hydrogen-bond donors (Lipinski definition) is 1. The first-order valence-corrected chi connectivity index (χ1v) is 9.42. The van der Waals surface area contributed by atoms with Crippen LogP contribution in [0.4, 0.5) is 10.1 Å². The van der Waals surface area contributed by atoms with Gasteiger partial charge in [0.15, 0.2) is 0 Å². The quantitative estimate of drug-likeness (QED) is 0.617. The molecule has 9 heteroatoms. The molecule has 27 heavy (non-hydrogen) atoms. The Morgan fingerprint density at radius 3 is 2.78 bits per heavy atom. The third-order valence-electron chi connectivity index (χ3n) is 4.27. The predicted molar refractivity (Wildman–Crippen MR) is 105 cm³/mol. The zero-order valence-electron chi connectivity index (χ0n) is 15.0. The van der Waals surface area contributed by atoms with E-state index in [1.165, 1.54) is 16.9 Å². The number of carbonyl (C=O) groups is 1. The number of hydrogen-bond acceptors (Lipinski definition) is 3. The first-order chi connectivity index (χ1) is 12.8. The van der Waals surface area contributed by atoms with E-state index in [0.717, 1.165) is 15.9 Å². The molecule has 0 saturated heterocycles. The molecule has 6 nitrogen and oxygen atoms in total. The van der Waals surface area contributed by atoms with Crippen molar-refractivity contribution in [2.75, 3.05) is 5.32 Å². The van der Waals surface area contributed by atoms with Crippen LogP contribution in [0.3, 0.4) is 0 Å². The van der Waals surface area contributed by atoms with Crippen molar-refractivity contribution in [1.29, 1.82) is 0 Å². The minimum Gasteiger partial charge on any atom is -0.322 e. The van der Waals surface area contributed by atoms with Gasteiger partial charge in [-0.15, -0.1) is 0 Å². The molecule has 0 aliphatic rings. The monoisotopic (exact) mass is 453 g/mol. The number of carbonyl (C=O) groups excluding carboxylic acids is 1. The SMILES string of the molecule is Cc1nn(C(C)C(=O)Nc2cnn(Cc3c(F)cccc3Cl)c2)c(C)c1Br. The van der Waals surface area contributed by atoms with Crippen LogP contribution in [0, 0.1) is 19.7 Å². The Morgan fingerprint density at radius 1 is 1.41 bits per heavy atom. The van der Waals surface area contributed by atoms with E-state index in [9.17, 15) is 9.18 Å². The molecule has 1 atom stereocenters. The van der Waals surface area contributed by atoms with Crippen LogP contribution < -0.4 is 5.32 Å². The fraction of sp³-hybridized carbons (Fsp3) is 0.278. The van der Waals surface area contributed by atoms with Crippen LogP contribution in [-0.2, 0) is 11.3 Å². The second-order valence-electron chi connectivity index (χ2n) is 6.22. The summed E-state index contributed by atoms with van der Waals surface area (Å²) in [6.45, 7) is 5.70. The third kappa shape index (κ3) is 4.06. The maximum atomic E-state index is 13.9. The molecule has 0 aliphatic heterocycles. The first-order valence-electron chi connectivity index (χ1n) is 8.25. The molecule has 0 radical (unpaired) electrons. The summed E-state index contributed by atoms with van der Waals surface area (Å²) in [5, 5.41) is 11.7. The number of aryl methyl sites for hydroxylation is 1. The summed E-state index contributed by atoms with van der Waals surface area (Å²) in [4.78, 5) is 12.6. The van der Waals surface area contributed by atoms with Crippen LogP contribution in [0.5, 0.6) is 0 Å². The summed E-state index contributed by atoms with van der Waals surface area (Å²) in [7, 11) is 0. The van der Waals surface area contributed by atoms with Gasteiger partial charge in [0.2, 0.25) is 5.91 Å². The molecule has 2 aromatic heterocycles. The summed E-state index contributed by atoms with van der Waals surface area (Å²) in [6, 6.07) is 4.02. The number of halogens is 3. The average molecular weight is 455 g/mol. The zero-order valence-corrected chi connectivity index (χ0v) is 17.3. The molecule has 1 aromatic carbocycles. The van der Waals surface area contributed by atoms with Gasteiger partial charge in [-0.25, -0.2) is 4.39 Å². The molecule has 0 bridgehead atoms. The van der Waals surface area contributed by atoms with Gasteiger partial charge in [0.25, 0.3) is 0 Å². The summed E-state index contributed by atoms with van der Waals surface area (Å²) >= 11 is 9.51. The number of amides is 1. The van der Waals surface area contributed by atoms with Crippen LogP contribution in [0.25, 0.3) is 0 Å². The maximum Gasteiger partial charge on any atom is 0.249 e. The topological polar surface area (TPSA) is 64.7 Å². The van der Waals surface area contributed by atoms with E-state index in [0.29, 0.717) is 16.3 Å². The normalized spacial score (nSPS) is 12.2. The number of benzene rings is 1. The number of aromatic nitrogens is 4. The van der Waals surface area contributed by atoms with Crippen LogP contribution in [0.1, 0.15) is 29.9 Å². The Labute approximate surface area is 169 Å². The summed E-state index contributed by atoms with van der Waals surface area (Å²) < 4.78 is 18.0. The second kappa shape index (κ2) is 7.82. The average Bonchev–Trinajstić information content (AvgIpc) is 3.17. The highest BCUT2D eigenvalue weighted by Gasteiger charge is 2.21. The molecule has 2 heterocycles. The molecule has 3 aromatic rings. The Kier molecular flexibility index (Phi) is 5.67. The van der Waals surface area contributed by atoms with Crippen LogP contribution in [-0.4, -0.2) is 25.5 Å². The highest BCUT2D eigenvalue weighted by molar-refractivity contribution is 9.10. The van der Waals surface area contributed by atoms with E-state index in [-0.39, 0.29) is 12.5 Å². The lowest BCUT2D eigenvalue weighted by molar-refractivity contribution is -0.119. The lowest BCUT2D eigenvalue weighted by atomic mass is 10.2. The van der Waals surface area contributed by atoms with Crippen molar-refractivity contribution in [2.45, 2.75) is 33.4 Å². The van der Waals surface area contributed by atoms with E-state index in [1.54, 1.807) is 29.9 Å². The Hall–Kier alpha value is -2.19. The number of nitrogens with zero attached hydrogens (tertiary/aromatic N) is 4. The third-order valence-corrected chi connectivity index (χ3v) is 5.77. The van der Waals surface area contributed by atoms with Crippen molar-refractivity contribution >= 4 is 39.1 Å². The van der Waals surface area contributed by atoms with Crippen molar-refractivity contribution in [3.63, 3.8) is 0 Å². The second-order valence-corrected chi connectivity index (χ2v) is 7.42. The molecule has 0 aliphatic carbocycles. The van der Waals surface area contributed by atoms with Gasteiger partial charge >= 0.3 is 0 Å². The molecular weight excluding hydrogens is 437 g/mol. The van der Waals surface area contributed by atoms with Gasteiger partial charge in [0.05, 0.1) is 34.3 Å². The molecule has 1 N–H and O–H groups in total. The van der Waals surface area contributed by atoms with E-state index in [1.807, 2.05) is 13.8 Å². The van der Waals surface area contributed by atoms with Gasteiger partial charge in [0.1, 0.15) is 11.9 Å². The van der Waals surface area contributed by atoms with Crippen LogP contribution in [0.2, 0.25) is 5.02 Å². The minimum absolute atomic E-state index is 0.168. The van der Waals surface area contributed by atoms with Gasteiger partial charge in [-0.1, -0.05) is 17.7 Å². The molecular formula is C18H18BrClFN5O. The Morgan fingerprint density at radius 2 is 2.15 bits per heavy atom. The lowest BCUT2D eigenvalue weighted by Gasteiger charge is -2.13. The summed E-state index contributed by atoms with van der Waals surface area (Å²) in [6.07, 6.45) is 3.14. The first kappa shape index (κ1) is 19.6. The lowest BCUT2D eigenvalue weighted by Crippen LogP contribution is -2.25. The highest BCUT2D eigenvalue weighted by atomic mass is 79.9. The van der Waals surface area contributed by atoms with Gasteiger partial charge in [-0.2, -0.15) is 10.2 Å². The number of nitrogens with one attached hydrogen (secondary N) is 1. The van der Waals surface area contributed by atoms with Crippen molar-refractivity contribution in [3.05, 3.63) is 62.9 Å². The number of rotatable bonds is 5. The van der Waals surface area contributed by atoms with Gasteiger partial charge in [-0.05, 0) is 48.8 Å². The molecule has 0 saturated carbocycles. The smallest absolute Gasteiger partial charge is 0.249 e.